The van der Waals surface area contributed by atoms with Gasteiger partial charge in [-0.05, 0) is 12.1 Å². The van der Waals surface area contributed by atoms with Gasteiger partial charge in [-0.3, -0.25) is 4.79 Å². The minimum atomic E-state index is -0.663. The van der Waals surface area contributed by atoms with E-state index in [0.717, 1.165) is 6.07 Å². The average molecular weight is 225 g/mol. The number of nitrogens with one attached hydrogen (secondary N) is 1. The second kappa shape index (κ2) is 5.11. The molecule has 4 N–H and O–H groups in total. The molecule has 5 nitrogen and oxygen atoms in total. The maximum Gasteiger partial charge on any atom is 0.224 e. The minimum Gasteiger partial charge on any atom is -0.409 e. The van der Waals surface area contributed by atoms with Crippen molar-refractivity contribution >= 4 is 17.4 Å². The molecule has 0 saturated carbocycles. The smallest absolute Gasteiger partial charge is 0.224 e. The van der Waals surface area contributed by atoms with Crippen LogP contribution in [0.4, 0.5) is 10.1 Å². The molecule has 0 heterocycles. The standard InChI is InChI=1S/C10H12FN3O2/c1-2-8(15)13-7-5-3-4-6(11)9(7)10(12)14-16/h3-5,16H,2H2,1H3,(H2,12,14)(H,13,15). The molecule has 0 atom stereocenters. The number of halogens is 1. The van der Waals surface area contributed by atoms with Crippen LogP contribution in [0.2, 0.25) is 0 Å². The normalized spacial score (nSPS) is 11.2. The number of nitrogens with zero attached hydrogens (tertiary/aromatic N) is 1. The van der Waals surface area contributed by atoms with Crippen LogP contribution >= 0.6 is 0 Å². The van der Waals surface area contributed by atoms with Crippen LogP contribution in [0.25, 0.3) is 0 Å². The topological polar surface area (TPSA) is 87.7 Å². The lowest BCUT2D eigenvalue weighted by Crippen LogP contribution is -2.20. The number of nitrogens with two attached hydrogens (primary N) is 1. The number of anilines is 1. The maximum atomic E-state index is 13.4. The molecule has 6 heteroatoms. The van der Waals surface area contributed by atoms with E-state index in [1.807, 2.05) is 0 Å². The van der Waals surface area contributed by atoms with E-state index in [4.69, 9.17) is 10.9 Å². The van der Waals surface area contributed by atoms with E-state index in [-0.39, 0.29) is 29.4 Å². The molecule has 0 aliphatic carbocycles. The Morgan fingerprint density at radius 1 is 1.62 bits per heavy atom. The highest BCUT2D eigenvalue weighted by Crippen LogP contribution is 2.18. The van der Waals surface area contributed by atoms with Crippen LogP contribution in [-0.2, 0) is 4.79 Å². The van der Waals surface area contributed by atoms with Crippen LogP contribution in [0.3, 0.4) is 0 Å². The molecule has 86 valence electrons. The summed E-state index contributed by atoms with van der Waals surface area (Å²) in [5.41, 5.74) is 5.39. The molecule has 1 amide bonds. The van der Waals surface area contributed by atoms with Crippen molar-refractivity contribution < 1.29 is 14.4 Å². The van der Waals surface area contributed by atoms with E-state index in [0.29, 0.717) is 0 Å². The molecule has 1 rings (SSSR count). The molecule has 1 aromatic carbocycles. The zero-order valence-corrected chi connectivity index (χ0v) is 8.70. The first-order valence-electron chi connectivity index (χ1n) is 4.66. The van der Waals surface area contributed by atoms with Gasteiger partial charge in [-0.2, -0.15) is 0 Å². The number of benzene rings is 1. The van der Waals surface area contributed by atoms with E-state index >= 15 is 0 Å². The molecule has 0 radical (unpaired) electrons. The Labute approximate surface area is 91.8 Å². The van der Waals surface area contributed by atoms with Gasteiger partial charge in [-0.15, -0.1) is 0 Å². The zero-order chi connectivity index (χ0) is 12.1. The van der Waals surface area contributed by atoms with Gasteiger partial charge in [0.1, 0.15) is 5.82 Å². The number of oxime groups is 1. The van der Waals surface area contributed by atoms with Gasteiger partial charge in [0.25, 0.3) is 0 Å². The third-order valence-electron chi connectivity index (χ3n) is 1.97. The van der Waals surface area contributed by atoms with Crippen LogP contribution in [0.15, 0.2) is 23.4 Å². The highest BCUT2D eigenvalue weighted by Gasteiger charge is 2.14. The Bertz CT molecular complexity index is 432. The first-order valence-corrected chi connectivity index (χ1v) is 4.66. The molecule has 0 bridgehead atoms. The zero-order valence-electron chi connectivity index (χ0n) is 8.70. The second-order valence-corrected chi connectivity index (χ2v) is 3.05. The molecule has 0 aliphatic rings. The fourth-order valence-corrected chi connectivity index (χ4v) is 1.18. The van der Waals surface area contributed by atoms with Crippen LogP contribution < -0.4 is 11.1 Å². The third kappa shape index (κ3) is 2.47. The van der Waals surface area contributed by atoms with E-state index in [9.17, 15) is 9.18 Å². The number of rotatable bonds is 3. The molecule has 0 aromatic heterocycles. The highest BCUT2D eigenvalue weighted by molar-refractivity contribution is 6.05. The number of hydrogen-bond donors (Lipinski definition) is 3. The fraction of sp³-hybridized carbons (Fsp3) is 0.200. The summed E-state index contributed by atoms with van der Waals surface area (Å²) in [4.78, 5) is 11.2. The molecule has 0 saturated heterocycles. The van der Waals surface area contributed by atoms with Crippen molar-refractivity contribution in [1.82, 2.24) is 0 Å². The van der Waals surface area contributed by atoms with Crippen molar-refractivity contribution in [2.75, 3.05) is 5.32 Å². The number of carbonyl (C=O) groups excluding carboxylic acids is 1. The van der Waals surface area contributed by atoms with Gasteiger partial charge in [0.15, 0.2) is 5.84 Å². The number of carbonyl (C=O) groups is 1. The van der Waals surface area contributed by atoms with Gasteiger partial charge in [-0.25, -0.2) is 4.39 Å². The van der Waals surface area contributed by atoms with Crippen molar-refractivity contribution in [1.29, 1.82) is 0 Å². The summed E-state index contributed by atoms with van der Waals surface area (Å²) < 4.78 is 13.4. The Kier molecular flexibility index (Phi) is 3.82. The van der Waals surface area contributed by atoms with Gasteiger partial charge < -0.3 is 16.3 Å². The summed E-state index contributed by atoms with van der Waals surface area (Å²) >= 11 is 0. The Morgan fingerprint density at radius 3 is 2.88 bits per heavy atom. The van der Waals surface area contributed by atoms with Crippen LogP contribution in [0, 0.1) is 5.82 Å². The SMILES string of the molecule is CCC(=O)Nc1cccc(F)c1C(N)=NO. The highest BCUT2D eigenvalue weighted by atomic mass is 19.1. The summed E-state index contributed by atoms with van der Waals surface area (Å²) in [7, 11) is 0. The monoisotopic (exact) mass is 225 g/mol. The largest absolute Gasteiger partial charge is 0.409 e. The Balaban J connectivity index is 3.18. The summed E-state index contributed by atoms with van der Waals surface area (Å²) in [6, 6.07) is 4.06. The quantitative estimate of drug-likeness (QED) is 0.313. The number of amidine groups is 1. The molecular formula is C10H12FN3O2. The van der Waals surface area contributed by atoms with Crippen molar-refractivity contribution in [3.05, 3.63) is 29.6 Å². The molecule has 0 spiro atoms. The van der Waals surface area contributed by atoms with Crippen LogP contribution in [-0.4, -0.2) is 17.0 Å². The van der Waals surface area contributed by atoms with Crippen LogP contribution in [0.5, 0.6) is 0 Å². The average Bonchev–Trinajstić information content (AvgIpc) is 2.28. The molecular weight excluding hydrogens is 213 g/mol. The third-order valence-corrected chi connectivity index (χ3v) is 1.97. The van der Waals surface area contributed by atoms with Gasteiger partial charge >= 0.3 is 0 Å². The summed E-state index contributed by atoms with van der Waals surface area (Å²) in [6.45, 7) is 1.66. The van der Waals surface area contributed by atoms with Gasteiger partial charge in [0.05, 0.1) is 11.3 Å². The minimum absolute atomic E-state index is 0.119. The van der Waals surface area contributed by atoms with E-state index < -0.39 is 5.82 Å². The summed E-state index contributed by atoms with van der Waals surface area (Å²) in [6.07, 6.45) is 0.256. The van der Waals surface area contributed by atoms with E-state index in [2.05, 4.69) is 10.5 Å². The van der Waals surface area contributed by atoms with Gasteiger partial charge in [0.2, 0.25) is 5.91 Å². The molecule has 1 aromatic rings. The van der Waals surface area contributed by atoms with E-state index in [1.54, 1.807) is 6.92 Å². The van der Waals surface area contributed by atoms with E-state index in [1.165, 1.54) is 12.1 Å². The molecule has 0 aliphatic heterocycles. The Morgan fingerprint density at radius 2 is 2.31 bits per heavy atom. The summed E-state index contributed by atoms with van der Waals surface area (Å²) in [5, 5.41) is 13.7. The molecule has 0 unspecified atom stereocenters. The van der Waals surface area contributed by atoms with Crippen molar-refractivity contribution in [3.63, 3.8) is 0 Å². The van der Waals surface area contributed by atoms with Crippen molar-refractivity contribution in [3.8, 4) is 0 Å². The lowest BCUT2D eigenvalue weighted by atomic mass is 10.1. The Hall–Kier alpha value is -2.11. The number of hydrogen-bond acceptors (Lipinski definition) is 3. The lowest BCUT2D eigenvalue weighted by molar-refractivity contribution is -0.115. The predicted molar refractivity (Wildman–Crippen MR) is 57.8 cm³/mol. The first-order chi connectivity index (χ1) is 7.60. The van der Waals surface area contributed by atoms with Crippen LogP contribution in [0.1, 0.15) is 18.9 Å². The fourth-order valence-electron chi connectivity index (χ4n) is 1.18. The van der Waals surface area contributed by atoms with Crippen molar-refractivity contribution in [2.45, 2.75) is 13.3 Å². The van der Waals surface area contributed by atoms with Gasteiger partial charge in [0, 0.05) is 6.42 Å². The summed E-state index contributed by atoms with van der Waals surface area (Å²) in [5.74, 6) is -1.33. The second-order valence-electron chi connectivity index (χ2n) is 3.05. The number of amides is 1. The lowest BCUT2D eigenvalue weighted by Gasteiger charge is -2.09. The van der Waals surface area contributed by atoms with Gasteiger partial charge in [-0.1, -0.05) is 18.1 Å². The first kappa shape index (κ1) is 12.0. The molecule has 0 fully saturated rings. The maximum absolute atomic E-state index is 13.4. The predicted octanol–water partition coefficient (Wildman–Crippen LogP) is 1.27. The van der Waals surface area contributed by atoms with Crippen molar-refractivity contribution in [2.24, 2.45) is 10.9 Å². The molecule has 16 heavy (non-hydrogen) atoms.